The molecule has 0 saturated heterocycles. The van der Waals surface area contributed by atoms with Gasteiger partial charge in [-0.2, -0.15) is 0 Å². The standard InChI is InChI=1S/C19H19ClN2O2/c1-12-3-6-14(7-4-12)21-17(23)19(9-10-19)18(24)22-15-8-5-13(2)16(20)11-15/h3-8,11H,9-10H2,1-2H3,(H,21,23)(H,22,24). The fourth-order valence-corrected chi connectivity index (χ4v) is 2.67. The van der Waals surface area contributed by atoms with E-state index in [0.29, 0.717) is 29.2 Å². The fourth-order valence-electron chi connectivity index (χ4n) is 2.49. The van der Waals surface area contributed by atoms with Crippen molar-refractivity contribution in [2.24, 2.45) is 5.41 Å². The molecule has 0 radical (unpaired) electrons. The van der Waals surface area contributed by atoms with Crippen LogP contribution < -0.4 is 10.6 Å². The van der Waals surface area contributed by atoms with Crippen molar-refractivity contribution >= 4 is 34.8 Å². The third kappa shape index (κ3) is 3.29. The Morgan fingerprint density at radius 2 is 1.46 bits per heavy atom. The average Bonchev–Trinajstić information content (AvgIpc) is 3.35. The van der Waals surface area contributed by atoms with Crippen LogP contribution in [0.25, 0.3) is 0 Å². The van der Waals surface area contributed by atoms with Crippen LogP contribution in [-0.2, 0) is 9.59 Å². The first kappa shape index (κ1) is 16.5. The molecule has 0 aliphatic heterocycles. The van der Waals surface area contributed by atoms with Crippen LogP contribution in [0.15, 0.2) is 42.5 Å². The summed E-state index contributed by atoms with van der Waals surface area (Å²) in [4.78, 5) is 25.1. The maximum Gasteiger partial charge on any atom is 0.240 e. The summed E-state index contributed by atoms with van der Waals surface area (Å²) in [6.07, 6.45) is 1.10. The van der Waals surface area contributed by atoms with E-state index in [9.17, 15) is 9.59 Å². The second-order valence-corrected chi connectivity index (χ2v) is 6.73. The lowest BCUT2D eigenvalue weighted by Gasteiger charge is -2.16. The summed E-state index contributed by atoms with van der Waals surface area (Å²) in [5.74, 6) is -0.547. The first-order chi connectivity index (χ1) is 11.4. The predicted octanol–water partition coefficient (Wildman–Crippen LogP) is 4.31. The second kappa shape index (κ2) is 6.29. The van der Waals surface area contributed by atoms with Crippen LogP contribution in [0.4, 0.5) is 11.4 Å². The maximum atomic E-state index is 12.6. The Morgan fingerprint density at radius 1 is 0.917 bits per heavy atom. The number of halogens is 1. The lowest BCUT2D eigenvalue weighted by atomic mass is 10.0. The van der Waals surface area contributed by atoms with Gasteiger partial charge in [0.05, 0.1) is 0 Å². The number of amides is 2. The Labute approximate surface area is 146 Å². The highest BCUT2D eigenvalue weighted by atomic mass is 35.5. The molecule has 2 aromatic rings. The lowest BCUT2D eigenvalue weighted by molar-refractivity contribution is -0.131. The van der Waals surface area contributed by atoms with Gasteiger partial charge in [0.1, 0.15) is 5.41 Å². The van der Waals surface area contributed by atoms with E-state index >= 15 is 0 Å². The second-order valence-electron chi connectivity index (χ2n) is 6.32. The number of nitrogens with one attached hydrogen (secondary N) is 2. The molecule has 0 spiro atoms. The summed E-state index contributed by atoms with van der Waals surface area (Å²) in [5, 5.41) is 6.22. The molecule has 2 N–H and O–H groups in total. The van der Waals surface area contributed by atoms with E-state index in [1.54, 1.807) is 12.1 Å². The van der Waals surface area contributed by atoms with Crippen molar-refractivity contribution in [3.8, 4) is 0 Å². The smallest absolute Gasteiger partial charge is 0.240 e. The van der Waals surface area contributed by atoms with Crippen LogP contribution in [0.3, 0.4) is 0 Å². The SMILES string of the molecule is Cc1ccc(NC(=O)C2(C(=O)Nc3ccc(C)c(Cl)c3)CC2)cc1. The van der Waals surface area contributed by atoms with E-state index in [4.69, 9.17) is 11.6 Å². The molecule has 0 bridgehead atoms. The molecule has 0 unspecified atom stereocenters. The highest BCUT2D eigenvalue weighted by Gasteiger charge is 2.56. The molecule has 0 atom stereocenters. The Hall–Kier alpha value is -2.33. The average molecular weight is 343 g/mol. The van der Waals surface area contributed by atoms with Crippen molar-refractivity contribution in [1.82, 2.24) is 0 Å². The Kier molecular flexibility index (Phi) is 4.33. The van der Waals surface area contributed by atoms with Gasteiger partial charge in [0.2, 0.25) is 11.8 Å². The van der Waals surface area contributed by atoms with Gasteiger partial charge in [0, 0.05) is 16.4 Å². The number of carbonyl (C=O) groups is 2. The van der Waals surface area contributed by atoms with Gasteiger partial charge in [-0.1, -0.05) is 35.4 Å². The number of rotatable bonds is 4. The van der Waals surface area contributed by atoms with Gasteiger partial charge < -0.3 is 10.6 Å². The minimum absolute atomic E-state index is 0.262. The van der Waals surface area contributed by atoms with Crippen molar-refractivity contribution in [1.29, 1.82) is 0 Å². The monoisotopic (exact) mass is 342 g/mol. The Morgan fingerprint density at radius 3 is 2.00 bits per heavy atom. The van der Waals surface area contributed by atoms with E-state index < -0.39 is 5.41 Å². The van der Waals surface area contributed by atoms with Crippen molar-refractivity contribution in [2.45, 2.75) is 26.7 Å². The molecule has 2 amide bonds. The molecule has 24 heavy (non-hydrogen) atoms. The van der Waals surface area contributed by atoms with Gasteiger partial charge in [0.15, 0.2) is 0 Å². The number of hydrogen-bond donors (Lipinski definition) is 2. The Bertz CT molecular complexity index is 796. The topological polar surface area (TPSA) is 58.2 Å². The zero-order valence-corrected chi connectivity index (χ0v) is 14.4. The summed E-state index contributed by atoms with van der Waals surface area (Å²) >= 11 is 6.08. The number of hydrogen-bond acceptors (Lipinski definition) is 2. The highest BCUT2D eigenvalue weighted by Crippen LogP contribution is 2.47. The van der Waals surface area contributed by atoms with E-state index in [0.717, 1.165) is 11.1 Å². The summed E-state index contributed by atoms with van der Waals surface area (Å²) in [6, 6.07) is 12.8. The van der Waals surface area contributed by atoms with Crippen molar-refractivity contribution in [2.75, 3.05) is 10.6 Å². The molecule has 1 aliphatic rings. The first-order valence-corrected chi connectivity index (χ1v) is 8.24. The zero-order valence-electron chi connectivity index (χ0n) is 13.7. The minimum atomic E-state index is -0.984. The third-order valence-electron chi connectivity index (χ3n) is 4.36. The molecule has 1 saturated carbocycles. The molecular weight excluding hydrogens is 324 g/mol. The number of benzene rings is 2. The van der Waals surface area contributed by atoms with Crippen LogP contribution in [-0.4, -0.2) is 11.8 Å². The van der Waals surface area contributed by atoms with Crippen molar-refractivity contribution < 1.29 is 9.59 Å². The molecule has 1 aliphatic carbocycles. The van der Waals surface area contributed by atoms with Crippen LogP contribution in [0, 0.1) is 19.3 Å². The molecule has 4 nitrogen and oxygen atoms in total. The van der Waals surface area contributed by atoms with E-state index in [2.05, 4.69) is 10.6 Å². The first-order valence-electron chi connectivity index (χ1n) is 7.86. The molecular formula is C19H19ClN2O2. The summed E-state index contributed by atoms with van der Waals surface area (Å²) < 4.78 is 0. The molecule has 3 rings (SSSR count). The normalized spacial score (nSPS) is 14.8. The van der Waals surface area contributed by atoms with Gasteiger partial charge in [-0.25, -0.2) is 0 Å². The number of anilines is 2. The van der Waals surface area contributed by atoms with Crippen molar-refractivity contribution in [3.63, 3.8) is 0 Å². The molecule has 0 heterocycles. The molecule has 0 aromatic heterocycles. The van der Waals surface area contributed by atoms with E-state index in [-0.39, 0.29) is 11.8 Å². The van der Waals surface area contributed by atoms with Crippen molar-refractivity contribution in [3.05, 3.63) is 58.6 Å². The summed E-state index contributed by atoms with van der Waals surface area (Å²) in [7, 11) is 0. The summed E-state index contributed by atoms with van der Waals surface area (Å²) in [5.41, 5.74) is 2.37. The quantitative estimate of drug-likeness (QED) is 0.813. The molecule has 5 heteroatoms. The van der Waals surface area contributed by atoms with Gasteiger partial charge in [-0.05, 0) is 56.5 Å². The van der Waals surface area contributed by atoms with Crippen LogP contribution in [0.5, 0.6) is 0 Å². The predicted molar refractivity (Wildman–Crippen MR) is 96.3 cm³/mol. The van der Waals surface area contributed by atoms with Gasteiger partial charge in [-0.3, -0.25) is 9.59 Å². The van der Waals surface area contributed by atoms with Crippen LogP contribution in [0.1, 0.15) is 24.0 Å². The summed E-state index contributed by atoms with van der Waals surface area (Å²) in [6.45, 7) is 3.87. The van der Waals surface area contributed by atoms with E-state index in [1.165, 1.54) is 0 Å². The van der Waals surface area contributed by atoms with Gasteiger partial charge >= 0.3 is 0 Å². The number of carbonyl (C=O) groups excluding carboxylic acids is 2. The zero-order chi connectivity index (χ0) is 17.3. The third-order valence-corrected chi connectivity index (χ3v) is 4.77. The molecule has 2 aromatic carbocycles. The van der Waals surface area contributed by atoms with Crippen LogP contribution in [0.2, 0.25) is 5.02 Å². The van der Waals surface area contributed by atoms with Crippen LogP contribution >= 0.6 is 11.6 Å². The van der Waals surface area contributed by atoms with Gasteiger partial charge in [-0.15, -0.1) is 0 Å². The van der Waals surface area contributed by atoms with Gasteiger partial charge in [0.25, 0.3) is 0 Å². The maximum absolute atomic E-state index is 12.6. The highest BCUT2D eigenvalue weighted by molar-refractivity contribution is 6.31. The minimum Gasteiger partial charge on any atom is -0.325 e. The number of aryl methyl sites for hydroxylation is 2. The fraction of sp³-hybridized carbons (Fsp3) is 0.263. The molecule has 124 valence electrons. The Balaban J connectivity index is 1.70. The largest absolute Gasteiger partial charge is 0.325 e. The van der Waals surface area contributed by atoms with E-state index in [1.807, 2.05) is 44.2 Å². The lowest BCUT2D eigenvalue weighted by Crippen LogP contribution is -2.35. The molecule has 1 fully saturated rings.